The summed E-state index contributed by atoms with van der Waals surface area (Å²) in [7, 11) is 0. The van der Waals surface area contributed by atoms with Gasteiger partial charge in [0.25, 0.3) is 0 Å². The van der Waals surface area contributed by atoms with Gasteiger partial charge in [-0.05, 0) is 45.2 Å². The van der Waals surface area contributed by atoms with E-state index in [1.807, 2.05) is 18.2 Å². The van der Waals surface area contributed by atoms with Crippen molar-refractivity contribution in [2.24, 2.45) is 5.73 Å². The number of ether oxygens (including phenoxy) is 1. The fraction of sp³-hybridized carbons (Fsp3) is 0.438. The Morgan fingerprint density at radius 3 is 2.70 bits per heavy atom. The van der Waals surface area contributed by atoms with Gasteiger partial charge in [-0.2, -0.15) is 0 Å². The number of hydrogen-bond acceptors (Lipinski definition) is 4. The molecule has 2 aliphatic rings. The standard InChI is InChI=1S/C16H18N2OS/c1-15(2)13-12(10-6-3-4-7-11(10)19-15)18-14(20-13)16(17)8-5-9-16/h3-4,6-7H,5,8-9,17H2,1-2H3. The highest BCUT2D eigenvalue weighted by molar-refractivity contribution is 7.12. The predicted octanol–water partition coefficient (Wildman–Crippen LogP) is 3.78. The average molecular weight is 286 g/mol. The van der Waals surface area contributed by atoms with Crippen LogP contribution in [0.3, 0.4) is 0 Å². The van der Waals surface area contributed by atoms with Crippen molar-refractivity contribution in [1.82, 2.24) is 4.98 Å². The zero-order valence-corrected chi connectivity index (χ0v) is 12.6. The molecule has 2 N–H and O–H groups in total. The Hall–Kier alpha value is -1.39. The van der Waals surface area contributed by atoms with E-state index in [2.05, 4.69) is 19.9 Å². The van der Waals surface area contributed by atoms with Crippen molar-refractivity contribution in [3.63, 3.8) is 0 Å². The average Bonchev–Trinajstić information content (AvgIpc) is 2.82. The number of nitrogens with zero attached hydrogens (tertiary/aromatic N) is 1. The lowest BCUT2D eigenvalue weighted by molar-refractivity contribution is 0.109. The Labute approximate surface area is 122 Å². The number of benzene rings is 1. The lowest BCUT2D eigenvalue weighted by atomic mass is 9.78. The number of thiazole rings is 1. The largest absolute Gasteiger partial charge is 0.482 e. The van der Waals surface area contributed by atoms with Crippen LogP contribution in [-0.4, -0.2) is 4.98 Å². The van der Waals surface area contributed by atoms with Crippen LogP contribution < -0.4 is 10.5 Å². The van der Waals surface area contributed by atoms with Crippen molar-refractivity contribution in [3.05, 3.63) is 34.2 Å². The lowest BCUT2D eigenvalue weighted by Gasteiger charge is -2.36. The molecule has 0 unspecified atom stereocenters. The zero-order chi connectivity index (χ0) is 14.0. The molecule has 20 heavy (non-hydrogen) atoms. The fourth-order valence-electron chi connectivity index (χ4n) is 2.97. The maximum atomic E-state index is 6.45. The van der Waals surface area contributed by atoms with Gasteiger partial charge in [0.2, 0.25) is 0 Å². The minimum atomic E-state index is -0.334. The van der Waals surface area contributed by atoms with E-state index in [0.717, 1.165) is 34.9 Å². The smallest absolute Gasteiger partial charge is 0.140 e. The van der Waals surface area contributed by atoms with E-state index in [4.69, 9.17) is 15.5 Å². The van der Waals surface area contributed by atoms with Gasteiger partial charge in [0.15, 0.2) is 0 Å². The topological polar surface area (TPSA) is 48.1 Å². The summed E-state index contributed by atoms with van der Waals surface area (Å²) in [6, 6.07) is 8.13. The summed E-state index contributed by atoms with van der Waals surface area (Å²) in [5.41, 5.74) is 8.07. The molecule has 104 valence electrons. The first kappa shape index (κ1) is 12.4. The fourth-order valence-corrected chi connectivity index (χ4v) is 4.25. The van der Waals surface area contributed by atoms with Crippen LogP contribution in [0.15, 0.2) is 24.3 Å². The van der Waals surface area contributed by atoms with Crippen LogP contribution in [-0.2, 0) is 11.1 Å². The Balaban J connectivity index is 1.92. The summed E-state index contributed by atoms with van der Waals surface area (Å²) in [6.45, 7) is 4.21. The number of aromatic nitrogens is 1. The third kappa shape index (κ3) is 1.58. The van der Waals surface area contributed by atoms with Gasteiger partial charge in [0.1, 0.15) is 16.4 Å². The van der Waals surface area contributed by atoms with Crippen molar-refractivity contribution in [2.45, 2.75) is 44.2 Å². The van der Waals surface area contributed by atoms with Crippen LogP contribution in [0.1, 0.15) is 43.0 Å². The summed E-state index contributed by atoms with van der Waals surface area (Å²) in [5.74, 6) is 0.918. The SMILES string of the molecule is CC1(C)Oc2ccccc2-c2nc(C3(N)CCC3)sc21. The maximum Gasteiger partial charge on any atom is 0.140 e. The molecule has 0 atom stereocenters. The number of nitrogens with two attached hydrogens (primary N) is 1. The van der Waals surface area contributed by atoms with Gasteiger partial charge < -0.3 is 10.5 Å². The van der Waals surface area contributed by atoms with Gasteiger partial charge in [-0.1, -0.05) is 12.1 Å². The maximum absolute atomic E-state index is 6.45. The van der Waals surface area contributed by atoms with E-state index in [9.17, 15) is 0 Å². The van der Waals surface area contributed by atoms with Crippen molar-refractivity contribution < 1.29 is 4.74 Å². The molecule has 1 aliphatic heterocycles. The van der Waals surface area contributed by atoms with E-state index >= 15 is 0 Å². The highest BCUT2D eigenvalue weighted by atomic mass is 32.1. The van der Waals surface area contributed by atoms with Gasteiger partial charge >= 0.3 is 0 Å². The van der Waals surface area contributed by atoms with E-state index in [1.165, 1.54) is 11.3 Å². The summed E-state index contributed by atoms with van der Waals surface area (Å²) in [5, 5.41) is 1.07. The molecule has 2 heterocycles. The van der Waals surface area contributed by atoms with Crippen LogP contribution in [0.5, 0.6) is 5.75 Å². The van der Waals surface area contributed by atoms with E-state index in [1.54, 1.807) is 11.3 Å². The number of hydrogen-bond donors (Lipinski definition) is 1. The normalized spacial score (nSPS) is 21.4. The van der Waals surface area contributed by atoms with E-state index in [-0.39, 0.29) is 11.1 Å². The molecule has 4 heteroatoms. The molecule has 1 aromatic carbocycles. The van der Waals surface area contributed by atoms with Crippen LogP contribution in [0, 0.1) is 0 Å². The highest BCUT2D eigenvalue weighted by Gasteiger charge is 2.42. The Bertz CT molecular complexity index is 686. The number of fused-ring (bicyclic) bond motifs is 3. The van der Waals surface area contributed by atoms with Crippen LogP contribution in [0.2, 0.25) is 0 Å². The first-order valence-electron chi connectivity index (χ1n) is 7.09. The second kappa shape index (κ2) is 3.83. The molecule has 0 radical (unpaired) electrons. The predicted molar refractivity (Wildman–Crippen MR) is 80.9 cm³/mol. The molecule has 0 saturated heterocycles. The van der Waals surface area contributed by atoms with Crippen molar-refractivity contribution in [3.8, 4) is 17.0 Å². The molecule has 4 rings (SSSR count). The summed E-state index contributed by atoms with van der Waals surface area (Å²) < 4.78 is 6.15. The lowest BCUT2D eigenvalue weighted by Crippen LogP contribution is -2.43. The van der Waals surface area contributed by atoms with Gasteiger partial charge in [-0.15, -0.1) is 11.3 Å². The second-order valence-corrected chi connectivity index (χ2v) is 7.31. The summed E-state index contributed by atoms with van der Waals surface area (Å²) in [6.07, 6.45) is 3.29. The Morgan fingerprint density at radius 2 is 2.00 bits per heavy atom. The highest BCUT2D eigenvalue weighted by Crippen LogP contribution is 2.50. The van der Waals surface area contributed by atoms with Crippen molar-refractivity contribution in [2.75, 3.05) is 0 Å². The molecule has 0 spiro atoms. The molecule has 2 aromatic rings. The molecule has 0 bridgehead atoms. The summed E-state index contributed by atoms with van der Waals surface area (Å²) >= 11 is 1.73. The number of para-hydroxylation sites is 1. The molecule has 3 nitrogen and oxygen atoms in total. The molecule has 0 amide bonds. The van der Waals surface area contributed by atoms with E-state index in [0.29, 0.717) is 0 Å². The van der Waals surface area contributed by atoms with Gasteiger partial charge in [0, 0.05) is 5.56 Å². The monoisotopic (exact) mass is 286 g/mol. The first-order chi connectivity index (χ1) is 9.50. The molecule has 1 aromatic heterocycles. The minimum Gasteiger partial charge on any atom is -0.482 e. The van der Waals surface area contributed by atoms with Gasteiger partial charge in [-0.3, -0.25) is 0 Å². The summed E-state index contributed by atoms with van der Waals surface area (Å²) in [4.78, 5) is 6.09. The Morgan fingerprint density at radius 1 is 1.25 bits per heavy atom. The minimum absolute atomic E-state index is 0.201. The third-order valence-corrected chi connectivity index (χ3v) is 5.93. The Kier molecular flexibility index (Phi) is 2.37. The van der Waals surface area contributed by atoms with Crippen molar-refractivity contribution in [1.29, 1.82) is 0 Å². The van der Waals surface area contributed by atoms with Crippen LogP contribution in [0.25, 0.3) is 11.3 Å². The van der Waals surface area contributed by atoms with Crippen molar-refractivity contribution >= 4 is 11.3 Å². The molecule has 1 aliphatic carbocycles. The van der Waals surface area contributed by atoms with Gasteiger partial charge in [0.05, 0.1) is 16.1 Å². The quantitative estimate of drug-likeness (QED) is 0.868. The van der Waals surface area contributed by atoms with Crippen LogP contribution >= 0.6 is 11.3 Å². The zero-order valence-electron chi connectivity index (χ0n) is 11.8. The van der Waals surface area contributed by atoms with E-state index < -0.39 is 0 Å². The van der Waals surface area contributed by atoms with Crippen LogP contribution in [0.4, 0.5) is 0 Å². The second-order valence-electron chi connectivity index (χ2n) is 6.31. The van der Waals surface area contributed by atoms with Gasteiger partial charge in [-0.25, -0.2) is 4.98 Å². The number of rotatable bonds is 1. The molecule has 1 fully saturated rings. The molecular formula is C16H18N2OS. The molecule has 1 saturated carbocycles. The first-order valence-corrected chi connectivity index (χ1v) is 7.90. The third-order valence-electron chi connectivity index (χ3n) is 4.35. The molecular weight excluding hydrogens is 268 g/mol.